The first-order valence-corrected chi connectivity index (χ1v) is 2.71. The van der Waals surface area contributed by atoms with Crippen molar-refractivity contribution in [3.8, 4) is 0 Å². The molecule has 0 fully saturated rings. The largest absolute Gasteiger partial charge is 0.301 e. The van der Waals surface area contributed by atoms with E-state index in [4.69, 9.17) is 0 Å². The Kier molecular flexibility index (Phi) is 1.38. The van der Waals surface area contributed by atoms with Crippen LogP contribution in [0.3, 0.4) is 0 Å². The summed E-state index contributed by atoms with van der Waals surface area (Å²) < 4.78 is 0. The molecule has 1 heterocycles. The standard InChI is InChI=1S/C5H6BNO2/c1-3-2-6-5(9)7-4(3)8/h2,6H,1H3,(H,7,8,9). The number of carbonyl (C=O) groups excluding carboxylic acids is 2. The Balaban J connectivity index is 2.79. The van der Waals surface area contributed by atoms with E-state index in [-0.39, 0.29) is 11.7 Å². The molecule has 2 amide bonds. The van der Waals surface area contributed by atoms with Crippen molar-refractivity contribution in [3.05, 3.63) is 11.5 Å². The van der Waals surface area contributed by atoms with Crippen LogP contribution in [0.1, 0.15) is 6.92 Å². The molecule has 0 saturated heterocycles. The zero-order valence-electron chi connectivity index (χ0n) is 5.10. The smallest absolute Gasteiger partial charge is 0.260 e. The Morgan fingerprint density at radius 1 is 1.56 bits per heavy atom. The van der Waals surface area contributed by atoms with Crippen LogP contribution in [0.15, 0.2) is 11.5 Å². The lowest BCUT2D eigenvalue weighted by molar-refractivity contribution is -0.116. The zero-order chi connectivity index (χ0) is 6.85. The number of hydrogen-bond acceptors (Lipinski definition) is 2. The molecule has 0 aromatic heterocycles. The first-order chi connectivity index (χ1) is 4.20. The van der Waals surface area contributed by atoms with Crippen LogP contribution < -0.4 is 5.32 Å². The summed E-state index contributed by atoms with van der Waals surface area (Å²) in [5.74, 6) is 1.14. The lowest BCUT2D eigenvalue weighted by Gasteiger charge is -2.06. The van der Waals surface area contributed by atoms with Gasteiger partial charge in [-0.1, -0.05) is 5.98 Å². The molecule has 9 heavy (non-hydrogen) atoms. The third-order valence-electron chi connectivity index (χ3n) is 1.20. The molecule has 0 bridgehead atoms. The Morgan fingerprint density at radius 3 is 2.67 bits per heavy atom. The number of rotatable bonds is 0. The molecule has 0 saturated carbocycles. The van der Waals surface area contributed by atoms with Crippen LogP contribution in [-0.2, 0) is 4.79 Å². The van der Waals surface area contributed by atoms with Gasteiger partial charge in [-0.15, -0.1) is 0 Å². The third kappa shape index (κ3) is 1.19. The maximum Gasteiger partial charge on any atom is 0.260 e. The average molecular weight is 123 g/mol. The fraction of sp³-hybridized carbons (Fsp3) is 0.200. The minimum Gasteiger partial charge on any atom is -0.301 e. The summed E-state index contributed by atoms with van der Waals surface area (Å²) in [4.78, 5) is 21.0. The van der Waals surface area contributed by atoms with Gasteiger partial charge in [-0.2, -0.15) is 0 Å². The Morgan fingerprint density at radius 2 is 2.22 bits per heavy atom. The Bertz CT molecular complexity index is 197. The highest BCUT2D eigenvalue weighted by molar-refractivity contribution is 6.79. The molecule has 1 aliphatic rings. The predicted octanol–water partition coefficient (Wildman–Crippen LogP) is -0.424. The van der Waals surface area contributed by atoms with Crippen molar-refractivity contribution in [2.75, 3.05) is 0 Å². The van der Waals surface area contributed by atoms with Gasteiger partial charge in [0.15, 0.2) is 5.81 Å². The van der Waals surface area contributed by atoms with Crippen LogP contribution in [0.2, 0.25) is 0 Å². The molecule has 1 N–H and O–H groups in total. The molecular formula is C5H6BNO2. The lowest BCUT2D eigenvalue weighted by Crippen LogP contribution is -2.37. The highest BCUT2D eigenvalue weighted by atomic mass is 16.2. The van der Waals surface area contributed by atoms with Crippen LogP contribution in [0.4, 0.5) is 4.79 Å². The maximum atomic E-state index is 10.6. The zero-order valence-corrected chi connectivity index (χ0v) is 5.10. The summed E-state index contributed by atoms with van der Waals surface area (Å²) in [6.07, 6.45) is 0. The van der Waals surface area contributed by atoms with E-state index in [1.165, 1.54) is 0 Å². The number of imide groups is 1. The van der Waals surface area contributed by atoms with Crippen LogP contribution in [0.5, 0.6) is 0 Å². The summed E-state index contributed by atoms with van der Waals surface area (Å²) in [7, 11) is 0.331. The van der Waals surface area contributed by atoms with E-state index >= 15 is 0 Å². The average Bonchev–Trinajstić information content (AvgIpc) is 1.80. The van der Waals surface area contributed by atoms with Gasteiger partial charge in [0, 0.05) is 5.57 Å². The number of carbonyl (C=O) groups is 2. The quantitative estimate of drug-likeness (QED) is 0.444. The molecule has 0 aromatic carbocycles. The maximum absolute atomic E-state index is 10.6. The van der Waals surface area contributed by atoms with Gasteiger partial charge in [-0.05, 0) is 6.92 Å². The molecular weight excluding hydrogens is 117 g/mol. The van der Waals surface area contributed by atoms with Crippen molar-refractivity contribution in [1.29, 1.82) is 0 Å². The van der Waals surface area contributed by atoms with Crippen LogP contribution in [0, 0.1) is 0 Å². The van der Waals surface area contributed by atoms with Crippen molar-refractivity contribution in [3.63, 3.8) is 0 Å². The highest BCUT2D eigenvalue weighted by Crippen LogP contribution is 1.95. The Labute approximate surface area is 53.4 Å². The van der Waals surface area contributed by atoms with Crippen LogP contribution >= 0.6 is 0 Å². The second kappa shape index (κ2) is 2.05. The van der Waals surface area contributed by atoms with Crippen LogP contribution in [-0.4, -0.2) is 19.0 Å². The monoisotopic (exact) mass is 123 g/mol. The molecule has 1 aliphatic heterocycles. The number of nitrogens with one attached hydrogen (secondary N) is 1. The predicted molar refractivity (Wildman–Crippen MR) is 34.4 cm³/mol. The molecule has 0 aliphatic carbocycles. The van der Waals surface area contributed by atoms with Crippen molar-refractivity contribution in [2.45, 2.75) is 6.92 Å². The first kappa shape index (κ1) is 6.07. The normalized spacial score (nSPS) is 18.1. The van der Waals surface area contributed by atoms with Gasteiger partial charge in [-0.25, -0.2) is 0 Å². The lowest BCUT2D eigenvalue weighted by atomic mass is 9.73. The van der Waals surface area contributed by atoms with E-state index in [0.717, 1.165) is 0 Å². The highest BCUT2D eigenvalue weighted by Gasteiger charge is 2.14. The van der Waals surface area contributed by atoms with E-state index in [1.54, 1.807) is 12.9 Å². The molecule has 46 valence electrons. The van der Waals surface area contributed by atoms with Gasteiger partial charge in [0.1, 0.15) is 0 Å². The minimum atomic E-state index is -0.272. The summed E-state index contributed by atoms with van der Waals surface area (Å²) in [5, 5.41) is 2.18. The summed E-state index contributed by atoms with van der Waals surface area (Å²) in [6, 6.07) is 0. The molecule has 0 aromatic rings. The summed E-state index contributed by atoms with van der Waals surface area (Å²) in [5.41, 5.74) is 0.620. The fourth-order valence-corrected chi connectivity index (χ4v) is 0.615. The SMILES string of the molecule is CC1=CBC(=O)NC1=O. The van der Waals surface area contributed by atoms with Gasteiger partial charge in [0.05, 0.1) is 0 Å². The number of hydrogen-bond donors (Lipinski definition) is 1. The van der Waals surface area contributed by atoms with Crippen molar-refractivity contribution in [2.24, 2.45) is 0 Å². The molecule has 0 unspecified atom stereocenters. The van der Waals surface area contributed by atoms with Crippen molar-refractivity contribution in [1.82, 2.24) is 5.32 Å². The van der Waals surface area contributed by atoms with Crippen LogP contribution in [0.25, 0.3) is 0 Å². The summed E-state index contributed by atoms with van der Waals surface area (Å²) >= 11 is 0. The van der Waals surface area contributed by atoms with E-state index in [9.17, 15) is 9.59 Å². The molecule has 1 rings (SSSR count). The van der Waals surface area contributed by atoms with Crippen molar-refractivity contribution >= 4 is 19.0 Å². The second-order valence-electron chi connectivity index (χ2n) is 1.97. The van der Waals surface area contributed by atoms with Crippen molar-refractivity contribution < 1.29 is 9.59 Å². The second-order valence-corrected chi connectivity index (χ2v) is 1.97. The fourth-order valence-electron chi connectivity index (χ4n) is 0.615. The molecule has 0 atom stereocenters. The third-order valence-corrected chi connectivity index (χ3v) is 1.20. The van der Waals surface area contributed by atoms with Gasteiger partial charge in [0.25, 0.3) is 13.2 Å². The molecule has 3 nitrogen and oxygen atoms in total. The van der Waals surface area contributed by atoms with E-state index in [0.29, 0.717) is 12.9 Å². The minimum absolute atomic E-state index is 0.217. The van der Waals surface area contributed by atoms with Gasteiger partial charge in [0.2, 0.25) is 0 Å². The molecule has 0 radical (unpaired) electrons. The first-order valence-electron chi connectivity index (χ1n) is 2.71. The number of amides is 2. The van der Waals surface area contributed by atoms with Gasteiger partial charge >= 0.3 is 0 Å². The van der Waals surface area contributed by atoms with E-state index in [1.807, 2.05) is 0 Å². The van der Waals surface area contributed by atoms with E-state index < -0.39 is 0 Å². The van der Waals surface area contributed by atoms with Gasteiger partial charge in [-0.3, -0.25) is 9.59 Å². The van der Waals surface area contributed by atoms with E-state index in [2.05, 4.69) is 5.32 Å². The molecule has 4 heteroatoms. The summed E-state index contributed by atoms with van der Waals surface area (Å²) in [6.45, 7) is 1.68. The Hall–Kier alpha value is -1.06. The molecule has 0 spiro atoms. The van der Waals surface area contributed by atoms with Gasteiger partial charge < -0.3 is 5.32 Å². The topological polar surface area (TPSA) is 46.2 Å².